The van der Waals surface area contributed by atoms with Crippen molar-refractivity contribution in [1.29, 1.82) is 0 Å². The van der Waals surface area contributed by atoms with Gasteiger partial charge in [-0.3, -0.25) is 4.79 Å². The highest BCUT2D eigenvalue weighted by molar-refractivity contribution is 6.42. The van der Waals surface area contributed by atoms with Crippen LogP contribution in [-0.4, -0.2) is 15.9 Å². The number of hydrogen-bond donors (Lipinski definition) is 2. The van der Waals surface area contributed by atoms with Gasteiger partial charge in [-0.15, -0.1) is 0 Å². The fourth-order valence-electron chi connectivity index (χ4n) is 2.00. The van der Waals surface area contributed by atoms with Crippen LogP contribution in [0.3, 0.4) is 0 Å². The molecule has 1 aromatic heterocycles. The van der Waals surface area contributed by atoms with E-state index in [0.29, 0.717) is 27.2 Å². The maximum atomic E-state index is 12.9. The zero-order valence-electron chi connectivity index (χ0n) is 12.6. The van der Waals surface area contributed by atoms with E-state index in [9.17, 15) is 9.18 Å². The Morgan fingerprint density at radius 1 is 0.920 bits per heavy atom. The van der Waals surface area contributed by atoms with E-state index in [2.05, 4.69) is 20.6 Å². The van der Waals surface area contributed by atoms with E-state index < -0.39 is 5.91 Å². The highest BCUT2D eigenvalue weighted by Crippen LogP contribution is 2.26. The van der Waals surface area contributed by atoms with Crippen molar-refractivity contribution >= 4 is 46.3 Å². The van der Waals surface area contributed by atoms with Crippen molar-refractivity contribution in [2.24, 2.45) is 0 Å². The smallest absolute Gasteiger partial charge is 0.274 e. The fraction of sp³-hybridized carbons (Fsp3) is 0. The zero-order chi connectivity index (χ0) is 17.8. The first kappa shape index (κ1) is 17.1. The van der Waals surface area contributed by atoms with Crippen LogP contribution in [0.15, 0.2) is 54.9 Å². The molecule has 0 fully saturated rings. The van der Waals surface area contributed by atoms with Gasteiger partial charge in [-0.1, -0.05) is 23.2 Å². The molecule has 0 aliphatic rings. The minimum Gasteiger partial charge on any atom is -0.340 e. The van der Waals surface area contributed by atoms with Crippen LogP contribution in [0, 0.1) is 5.82 Å². The molecule has 0 atom stereocenters. The summed E-state index contributed by atoms with van der Waals surface area (Å²) in [7, 11) is 0. The molecule has 3 rings (SSSR count). The van der Waals surface area contributed by atoms with E-state index >= 15 is 0 Å². The summed E-state index contributed by atoms with van der Waals surface area (Å²) in [5.41, 5.74) is 1.28. The maximum absolute atomic E-state index is 12.9. The number of aromatic nitrogens is 2. The van der Waals surface area contributed by atoms with Gasteiger partial charge in [0.1, 0.15) is 23.7 Å². The Labute approximate surface area is 152 Å². The van der Waals surface area contributed by atoms with Gasteiger partial charge in [0.25, 0.3) is 5.91 Å². The summed E-state index contributed by atoms with van der Waals surface area (Å²) >= 11 is 11.8. The number of rotatable bonds is 4. The van der Waals surface area contributed by atoms with E-state index in [0.717, 1.165) is 0 Å². The molecular weight excluding hydrogens is 366 g/mol. The molecule has 0 saturated heterocycles. The summed E-state index contributed by atoms with van der Waals surface area (Å²) in [5, 5.41) is 6.48. The van der Waals surface area contributed by atoms with Crippen molar-refractivity contribution in [2.75, 3.05) is 10.6 Å². The largest absolute Gasteiger partial charge is 0.340 e. The van der Waals surface area contributed by atoms with Gasteiger partial charge >= 0.3 is 0 Å². The first-order chi connectivity index (χ1) is 12.0. The van der Waals surface area contributed by atoms with Gasteiger partial charge < -0.3 is 10.6 Å². The van der Waals surface area contributed by atoms with Crippen molar-refractivity contribution in [3.8, 4) is 0 Å². The second-order valence-electron chi connectivity index (χ2n) is 5.00. The molecule has 8 heteroatoms. The average Bonchev–Trinajstić information content (AvgIpc) is 2.60. The molecule has 1 amide bonds. The number of nitrogens with zero attached hydrogens (tertiary/aromatic N) is 2. The number of carbonyl (C=O) groups is 1. The molecule has 2 aromatic carbocycles. The Bertz CT molecular complexity index is 919. The third-order valence-electron chi connectivity index (χ3n) is 3.19. The number of nitrogens with one attached hydrogen (secondary N) is 2. The van der Waals surface area contributed by atoms with Crippen molar-refractivity contribution < 1.29 is 9.18 Å². The molecule has 0 spiro atoms. The van der Waals surface area contributed by atoms with Crippen LogP contribution in [-0.2, 0) is 0 Å². The lowest BCUT2D eigenvalue weighted by molar-refractivity contribution is 0.102. The third kappa shape index (κ3) is 4.43. The standard InChI is InChI=1S/C17H11Cl2FN4O/c18-13-6-5-12(7-14(13)19)23-16-8-15(21-9-22-16)17(25)24-11-3-1-10(20)2-4-11/h1-9H,(H,24,25)(H,21,22,23). The van der Waals surface area contributed by atoms with Crippen molar-refractivity contribution in [3.05, 3.63) is 76.4 Å². The van der Waals surface area contributed by atoms with Crippen LogP contribution < -0.4 is 10.6 Å². The van der Waals surface area contributed by atoms with Gasteiger partial charge in [0.15, 0.2) is 0 Å². The second-order valence-corrected chi connectivity index (χ2v) is 5.82. The molecular formula is C17H11Cl2FN4O. The molecule has 0 bridgehead atoms. The molecule has 0 aliphatic heterocycles. The molecule has 25 heavy (non-hydrogen) atoms. The normalized spacial score (nSPS) is 10.4. The summed E-state index contributed by atoms with van der Waals surface area (Å²) in [6.07, 6.45) is 1.26. The van der Waals surface area contributed by atoms with E-state index in [1.807, 2.05) is 0 Å². The third-order valence-corrected chi connectivity index (χ3v) is 3.93. The number of benzene rings is 2. The summed E-state index contributed by atoms with van der Waals surface area (Å²) in [6.45, 7) is 0. The molecule has 3 aromatic rings. The Morgan fingerprint density at radius 2 is 1.64 bits per heavy atom. The van der Waals surface area contributed by atoms with Gasteiger partial charge in [0.2, 0.25) is 0 Å². The van der Waals surface area contributed by atoms with Crippen LogP contribution >= 0.6 is 23.2 Å². The van der Waals surface area contributed by atoms with Crippen LogP contribution in [0.5, 0.6) is 0 Å². The summed E-state index contributed by atoms with van der Waals surface area (Å²) in [6, 6.07) is 11.9. The number of carbonyl (C=O) groups excluding carboxylic acids is 1. The van der Waals surface area contributed by atoms with E-state index in [-0.39, 0.29) is 11.5 Å². The Hall–Kier alpha value is -2.70. The highest BCUT2D eigenvalue weighted by Gasteiger charge is 2.10. The van der Waals surface area contributed by atoms with Crippen molar-refractivity contribution in [1.82, 2.24) is 9.97 Å². The molecule has 2 N–H and O–H groups in total. The quantitative estimate of drug-likeness (QED) is 0.678. The Kier molecular flexibility index (Phi) is 5.11. The van der Waals surface area contributed by atoms with Crippen LogP contribution in [0.25, 0.3) is 0 Å². The average molecular weight is 377 g/mol. The molecule has 0 aliphatic carbocycles. The summed E-state index contributed by atoms with van der Waals surface area (Å²) in [4.78, 5) is 20.2. The topological polar surface area (TPSA) is 66.9 Å². The Balaban J connectivity index is 1.75. The molecule has 0 unspecified atom stereocenters. The van der Waals surface area contributed by atoms with E-state index in [1.165, 1.54) is 36.7 Å². The first-order valence-electron chi connectivity index (χ1n) is 7.12. The Morgan fingerprint density at radius 3 is 2.36 bits per heavy atom. The van der Waals surface area contributed by atoms with Gasteiger partial charge in [0.05, 0.1) is 10.0 Å². The fourth-order valence-corrected chi connectivity index (χ4v) is 2.30. The predicted molar refractivity (Wildman–Crippen MR) is 96.1 cm³/mol. The zero-order valence-corrected chi connectivity index (χ0v) is 14.1. The molecule has 126 valence electrons. The van der Waals surface area contributed by atoms with Crippen molar-refractivity contribution in [3.63, 3.8) is 0 Å². The van der Waals surface area contributed by atoms with E-state index in [4.69, 9.17) is 23.2 Å². The van der Waals surface area contributed by atoms with Crippen LogP contribution in [0.1, 0.15) is 10.5 Å². The molecule has 0 saturated carbocycles. The van der Waals surface area contributed by atoms with Gasteiger partial charge in [-0.2, -0.15) is 0 Å². The van der Waals surface area contributed by atoms with Crippen LogP contribution in [0.2, 0.25) is 10.0 Å². The molecule has 0 radical (unpaired) electrons. The number of halogens is 3. The molecule has 1 heterocycles. The lowest BCUT2D eigenvalue weighted by Crippen LogP contribution is -2.14. The second kappa shape index (κ2) is 7.46. The number of hydrogen-bond acceptors (Lipinski definition) is 4. The SMILES string of the molecule is O=C(Nc1ccc(F)cc1)c1cc(Nc2ccc(Cl)c(Cl)c2)ncn1. The number of anilines is 3. The van der Waals surface area contributed by atoms with Crippen LogP contribution in [0.4, 0.5) is 21.6 Å². The van der Waals surface area contributed by atoms with Gasteiger partial charge in [-0.25, -0.2) is 14.4 Å². The number of amides is 1. The monoisotopic (exact) mass is 376 g/mol. The van der Waals surface area contributed by atoms with Gasteiger partial charge in [-0.05, 0) is 42.5 Å². The van der Waals surface area contributed by atoms with Gasteiger partial charge in [0, 0.05) is 17.4 Å². The van der Waals surface area contributed by atoms with Crippen molar-refractivity contribution in [2.45, 2.75) is 0 Å². The predicted octanol–water partition coefficient (Wildman–Crippen LogP) is 4.92. The minimum atomic E-state index is -0.439. The highest BCUT2D eigenvalue weighted by atomic mass is 35.5. The van der Waals surface area contributed by atoms with E-state index in [1.54, 1.807) is 18.2 Å². The first-order valence-corrected chi connectivity index (χ1v) is 7.88. The summed E-state index contributed by atoms with van der Waals surface area (Å²) in [5.74, 6) is -0.406. The minimum absolute atomic E-state index is 0.155. The lowest BCUT2D eigenvalue weighted by Gasteiger charge is -2.08. The lowest BCUT2D eigenvalue weighted by atomic mass is 10.3. The summed E-state index contributed by atoms with van der Waals surface area (Å²) < 4.78 is 12.9. The maximum Gasteiger partial charge on any atom is 0.274 e. The molecule has 5 nitrogen and oxygen atoms in total.